The average Bonchev–Trinajstić information content (AvgIpc) is 2.12. The number of carbonyl (C=O) groups is 1. The molecule has 21 heavy (non-hydrogen) atoms. The quantitative estimate of drug-likeness (QED) is 0.633. The molecule has 0 saturated heterocycles. The molecule has 0 radical (unpaired) electrons. The second kappa shape index (κ2) is 5.80. The Hall–Kier alpha value is -0.743. The molecule has 0 heterocycles. The van der Waals surface area contributed by atoms with Gasteiger partial charge in [0.2, 0.25) is 0 Å². The van der Waals surface area contributed by atoms with Gasteiger partial charge in [0, 0.05) is 0 Å². The summed E-state index contributed by atoms with van der Waals surface area (Å²) >= 11 is 0. The predicted octanol–water partition coefficient (Wildman–Crippen LogP) is 2.46. The van der Waals surface area contributed by atoms with Crippen LogP contribution in [-0.4, -0.2) is 60.2 Å². The number of ether oxygens (including phenoxy) is 1. The van der Waals surface area contributed by atoms with E-state index in [2.05, 4.69) is 0 Å². The van der Waals surface area contributed by atoms with Crippen LogP contribution in [0, 0.1) is 0 Å². The van der Waals surface area contributed by atoms with Crippen molar-refractivity contribution >= 4 is 24.8 Å². The van der Waals surface area contributed by atoms with Crippen LogP contribution in [0.4, 0.5) is 48.3 Å². The van der Waals surface area contributed by atoms with E-state index in [1.54, 1.807) is 4.74 Å². The fraction of sp³-hybridized carbons (Fsp3) is 0.833. The van der Waals surface area contributed by atoms with Crippen LogP contribution in [-0.2, 0) is 9.53 Å². The van der Waals surface area contributed by atoms with E-state index < -0.39 is 36.2 Å². The number of alkyl halides is 11. The molecule has 0 saturated carbocycles. The molecule has 0 aromatic rings. The van der Waals surface area contributed by atoms with Crippen molar-refractivity contribution in [3.05, 3.63) is 0 Å². The molecule has 0 amide bonds. The van der Waals surface area contributed by atoms with E-state index in [-0.39, 0.29) is 18.9 Å². The Morgan fingerprint density at radius 3 is 1.29 bits per heavy atom. The molecule has 0 bridgehead atoms. The number of hydrogen-bond donors (Lipinski definition) is 1. The Morgan fingerprint density at radius 2 is 1.10 bits per heavy atom. The summed E-state index contributed by atoms with van der Waals surface area (Å²) in [5.74, 6) is -17.6. The summed E-state index contributed by atoms with van der Waals surface area (Å²) in [5.41, 5.74) is 0. The van der Waals surface area contributed by atoms with E-state index in [4.69, 9.17) is 5.11 Å². The molecule has 0 aliphatic carbocycles. The number of hydrogen-bond acceptors (Lipinski definition) is 2. The second-order valence-electron chi connectivity index (χ2n) is 3.09. The standard InChI is InChI=1S/C6HF11O3.Li.H/c7-2(1(18)19,4(10,11)12)20-6(16,17)3(8,9)5(13,14)15;;/h(H,18,19);;. The van der Waals surface area contributed by atoms with Crippen LogP contribution >= 0.6 is 0 Å². The summed E-state index contributed by atoms with van der Waals surface area (Å²) in [4.78, 5) is 9.84. The molecule has 0 rings (SSSR count). The minimum absolute atomic E-state index is 0. The van der Waals surface area contributed by atoms with E-state index in [0.717, 1.165) is 0 Å². The van der Waals surface area contributed by atoms with Gasteiger partial charge >= 0.3 is 55.1 Å². The van der Waals surface area contributed by atoms with Crippen molar-refractivity contribution in [3.8, 4) is 0 Å². The van der Waals surface area contributed by atoms with Crippen molar-refractivity contribution in [2.45, 2.75) is 30.2 Å². The van der Waals surface area contributed by atoms with Gasteiger partial charge in [-0.2, -0.15) is 48.3 Å². The summed E-state index contributed by atoms with van der Waals surface area (Å²) in [6.45, 7) is 0. The fourth-order valence-electron chi connectivity index (χ4n) is 0.628. The van der Waals surface area contributed by atoms with Gasteiger partial charge in [0.1, 0.15) is 0 Å². The van der Waals surface area contributed by atoms with E-state index in [9.17, 15) is 53.1 Å². The first-order chi connectivity index (χ1) is 8.40. The van der Waals surface area contributed by atoms with Crippen LogP contribution in [0.5, 0.6) is 0 Å². The number of carboxylic acids is 1. The summed E-state index contributed by atoms with van der Waals surface area (Å²) in [6.07, 6.45) is -21.1. The van der Waals surface area contributed by atoms with Gasteiger partial charge in [0.25, 0.3) is 0 Å². The second-order valence-corrected chi connectivity index (χ2v) is 3.09. The Morgan fingerprint density at radius 1 is 0.762 bits per heavy atom. The Kier molecular flexibility index (Phi) is 6.23. The zero-order valence-electron chi connectivity index (χ0n) is 8.42. The molecule has 0 aromatic carbocycles. The summed E-state index contributed by atoms with van der Waals surface area (Å²) in [6, 6.07) is 0. The molecule has 122 valence electrons. The zero-order valence-corrected chi connectivity index (χ0v) is 8.42. The van der Waals surface area contributed by atoms with Crippen molar-refractivity contribution < 1.29 is 62.9 Å². The molecule has 0 aliphatic heterocycles. The van der Waals surface area contributed by atoms with Crippen LogP contribution < -0.4 is 0 Å². The first-order valence-electron chi connectivity index (χ1n) is 3.91. The maximum absolute atomic E-state index is 12.7. The van der Waals surface area contributed by atoms with Crippen LogP contribution in [0.15, 0.2) is 0 Å². The molecule has 1 atom stereocenters. The molecule has 0 aliphatic rings. The van der Waals surface area contributed by atoms with Gasteiger partial charge < -0.3 is 5.11 Å². The zero-order chi connectivity index (χ0) is 16.8. The van der Waals surface area contributed by atoms with Gasteiger partial charge in [-0.25, -0.2) is 4.79 Å². The van der Waals surface area contributed by atoms with Crippen molar-refractivity contribution in [1.29, 1.82) is 0 Å². The monoisotopic (exact) mass is 338 g/mol. The van der Waals surface area contributed by atoms with Crippen molar-refractivity contribution in [1.82, 2.24) is 0 Å². The number of halogens is 11. The molecule has 0 spiro atoms. The van der Waals surface area contributed by atoms with Gasteiger partial charge in [0.05, 0.1) is 0 Å². The Balaban J connectivity index is 0. The van der Waals surface area contributed by atoms with Gasteiger partial charge in [-0.1, -0.05) is 0 Å². The topological polar surface area (TPSA) is 46.5 Å². The third-order valence-electron chi connectivity index (χ3n) is 1.63. The molecule has 0 fully saturated rings. The maximum atomic E-state index is 12.7. The number of rotatable bonds is 4. The molecule has 1 N–H and O–H groups in total. The molecule has 3 nitrogen and oxygen atoms in total. The third-order valence-corrected chi connectivity index (χ3v) is 1.63. The Bertz CT molecular complexity index is 388. The average molecular weight is 338 g/mol. The SMILES string of the molecule is O=C(O)C(F)(OC(F)(F)C(F)(F)C(F)(F)F)C(F)(F)F.[LiH]. The van der Waals surface area contributed by atoms with Gasteiger partial charge in [-0.3, -0.25) is 4.74 Å². The molecule has 0 aromatic heterocycles. The van der Waals surface area contributed by atoms with Crippen molar-refractivity contribution in [2.24, 2.45) is 0 Å². The van der Waals surface area contributed by atoms with Gasteiger partial charge in [-0.15, -0.1) is 0 Å². The molecule has 15 heteroatoms. The Labute approximate surface area is 119 Å². The summed E-state index contributed by atoms with van der Waals surface area (Å²) < 4.78 is 134. The number of carboxylic acid groups (broad SMARTS) is 1. The van der Waals surface area contributed by atoms with Crippen molar-refractivity contribution in [3.63, 3.8) is 0 Å². The van der Waals surface area contributed by atoms with E-state index in [1.807, 2.05) is 0 Å². The normalized spacial score (nSPS) is 16.9. The predicted molar refractivity (Wildman–Crippen MR) is 41.7 cm³/mol. The van der Waals surface area contributed by atoms with Crippen LogP contribution in [0.2, 0.25) is 0 Å². The summed E-state index contributed by atoms with van der Waals surface area (Å²) in [7, 11) is 0. The molecule has 1 unspecified atom stereocenters. The first-order valence-corrected chi connectivity index (χ1v) is 3.91. The molecular formula is C6H2F11LiO3. The minimum atomic E-state index is -7.27. The van der Waals surface area contributed by atoms with Crippen LogP contribution in [0.3, 0.4) is 0 Å². The van der Waals surface area contributed by atoms with Crippen LogP contribution in [0.1, 0.15) is 0 Å². The first kappa shape index (κ1) is 22.5. The molecular weight excluding hydrogens is 336 g/mol. The number of aliphatic carboxylic acids is 1. The van der Waals surface area contributed by atoms with E-state index >= 15 is 0 Å². The fourth-order valence-corrected chi connectivity index (χ4v) is 0.628. The van der Waals surface area contributed by atoms with Crippen LogP contribution in [0.25, 0.3) is 0 Å². The van der Waals surface area contributed by atoms with E-state index in [0.29, 0.717) is 0 Å². The van der Waals surface area contributed by atoms with Gasteiger partial charge in [-0.05, 0) is 0 Å². The summed E-state index contributed by atoms with van der Waals surface area (Å²) in [5, 5.41) is 7.72. The van der Waals surface area contributed by atoms with Crippen molar-refractivity contribution in [2.75, 3.05) is 0 Å². The van der Waals surface area contributed by atoms with E-state index in [1.165, 1.54) is 0 Å². The third kappa shape index (κ3) is 3.92. The van der Waals surface area contributed by atoms with Gasteiger partial charge in [0.15, 0.2) is 0 Å².